The minimum absolute atomic E-state index is 0.130. The Morgan fingerprint density at radius 1 is 0.659 bits per heavy atom. The van der Waals surface area contributed by atoms with E-state index in [1.807, 2.05) is 0 Å². The molecule has 0 amide bonds. The zero-order valence-corrected chi connectivity index (χ0v) is 24.5. The summed E-state index contributed by atoms with van der Waals surface area (Å²) in [6, 6.07) is 9.90. The van der Waals surface area contributed by atoms with E-state index in [1.165, 1.54) is 36.9 Å². The van der Waals surface area contributed by atoms with E-state index >= 15 is 0 Å². The molecule has 13 heteroatoms. The van der Waals surface area contributed by atoms with Crippen LogP contribution in [0.1, 0.15) is 56.2 Å². The lowest BCUT2D eigenvalue weighted by Gasteiger charge is -2.12. The van der Waals surface area contributed by atoms with Crippen LogP contribution in [0.5, 0.6) is 11.5 Å². The molecule has 10 nitrogen and oxygen atoms in total. The molecule has 0 aliphatic rings. The number of aliphatic carboxylic acids is 2. The zero-order valence-electron chi connectivity index (χ0n) is 22.1. The fourth-order valence-corrected chi connectivity index (χ4v) is 7.91. The number of methoxy groups -OCH3 is 2. The molecule has 0 bridgehead atoms. The first-order valence-corrected chi connectivity index (χ1v) is 15.8. The molecule has 0 aliphatic heterocycles. The number of carbonyl (C=O) groups excluding carboxylic acids is 2. The number of carboxylic acids is 2. The summed E-state index contributed by atoms with van der Waals surface area (Å²) in [6.45, 7) is 0. The molecule has 2 N–H and O–H groups in total. The third kappa shape index (κ3) is 7.29. The maximum absolute atomic E-state index is 13.4. The van der Waals surface area contributed by atoms with Crippen molar-refractivity contribution in [2.75, 3.05) is 14.2 Å². The Balaban J connectivity index is 1.59. The van der Waals surface area contributed by atoms with Crippen molar-refractivity contribution in [3.63, 3.8) is 0 Å². The average molecular weight is 619 g/mol. The predicted molar refractivity (Wildman–Crippen MR) is 155 cm³/mol. The van der Waals surface area contributed by atoms with Gasteiger partial charge in [0.1, 0.15) is 11.5 Å². The van der Waals surface area contributed by atoms with Gasteiger partial charge in [-0.15, -0.1) is 22.7 Å². The van der Waals surface area contributed by atoms with Crippen LogP contribution >= 0.6 is 22.7 Å². The van der Waals surface area contributed by atoms with Gasteiger partial charge in [-0.3, -0.25) is 19.2 Å². The van der Waals surface area contributed by atoms with Crippen LogP contribution in [0, 0.1) is 0 Å². The monoisotopic (exact) mass is 618 g/mol. The average Bonchev–Trinajstić information content (AvgIpc) is 3.52. The molecular weight excluding hydrogens is 592 g/mol. The van der Waals surface area contributed by atoms with Gasteiger partial charge in [0.2, 0.25) is 0 Å². The molecule has 2 aromatic heterocycles. The van der Waals surface area contributed by atoms with E-state index in [1.54, 1.807) is 36.4 Å². The highest BCUT2D eigenvalue weighted by molar-refractivity contribution is 7.89. The Bertz CT molecular complexity index is 1660. The highest BCUT2D eigenvalue weighted by Gasteiger charge is 2.22. The van der Waals surface area contributed by atoms with Gasteiger partial charge >= 0.3 is 11.9 Å². The van der Waals surface area contributed by atoms with E-state index in [-0.39, 0.29) is 48.8 Å². The smallest absolute Gasteiger partial charge is 0.303 e. The summed E-state index contributed by atoms with van der Waals surface area (Å²) in [7, 11) is -0.917. The molecule has 0 radical (unpaired) electrons. The van der Waals surface area contributed by atoms with Crippen molar-refractivity contribution in [1.82, 2.24) is 0 Å². The lowest BCUT2D eigenvalue weighted by Crippen LogP contribution is -2.09. The lowest BCUT2D eigenvalue weighted by molar-refractivity contribution is -0.137. The molecule has 0 atom stereocenters. The third-order valence-electron chi connectivity index (χ3n) is 6.27. The molecule has 0 aliphatic carbocycles. The number of rotatable bonds is 14. The van der Waals surface area contributed by atoms with Gasteiger partial charge in [-0.05, 0) is 47.2 Å². The van der Waals surface area contributed by atoms with Crippen molar-refractivity contribution in [1.29, 1.82) is 0 Å². The molecule has 216 valence electrons. The summed E-state index contributed by atoms with van der Waals surface area (Å²) in [4.78, 5) is 47.2. The Morgan fingerprint density at radius 3 is 1.39 bits per heavy atom. The Hall–Kier alpha value is -3.81. The van der Waals surface area contributed by atoms with Crippen molar-refractivity contribution < 1.29 is 47.3 Å². The van der Waals surface area contributed by atoms with Crippen LogP contribution in [0.3, 0.4) is 0 Å². The number of benzene rings is 2. The van der Waals surface area contributed by atoms with Crippen LogP contribution in [0.2, 0.25) is 0 Å². The largest absolute Gasteiger partial charge is 0.496 e. The number of carboxylic acid groups (broad SMARTS) is 2. The molecule has 41 heavy (non-hydrogen) atoms. The number of ketones is 2. The second kappa shape index (κ2) is 12.4. The van der Waals surface area contributed by atoms with E-state index in [4.69, 9.17) is 19.7 Å². The van der Waals surface area contributed by atoms with Crippen molar-refractivity contribution in [3.8, 4) is 11.5 Å². The fourth-order valence-electron chi connectivity index (χ4n) is 4.32. The Labute approximate surface area is 243 Å². The normalized spacial score (nSPS) is 11.6. The SMILES string of the molecule is COc1cc2sc(C(=O)CCC(=O)O)cc2cc1CS(=O)(=O)Cc1cc2cc(C(=O)CCC(=O)O)sc2cc1OC. The first-order chi connectivity index (χ1) is 19.4. The minimum Gasteiger partial charge on any atom is -0.496 e. The van der Waals surface area contributed by atoms with Gasteiger partial charge in [-0.1, -0.05) is 0 Å². The first-order valence-electron chi connectivity index (χ1n) is 12.3. The standard InChI is InChI=1S/C28H26O10S3/c1-37-21-11-23-15(9-25(39-23)19(29)3-5-27(31)32)7-17(21)13-41(35,36)14-18-8-16-10-26(20(30)4-6-28(33)34)40-24(16)12-22(18)38-2/h7-12H,3-6,13-14H2,1-2H3,(H,31,32)(H,33,34). The highest BCUT2D eigenvalue weighted by atomic mass is 32.2. The van der Waals surface area contributed by atoms with E-state index in [9.17, 15) is 27.6 Å². The van der Waals surface area contributed by atoms with E-state index in [0.717, 1.165) is 0 Å². The number of sulfone groups is 1. The Kier molecular flexibility index (Phi) is 9.10. The number of hydrogen-bond donors (Lipinski definition) is 2. The second-order valence-electron chi connectivity index (χ2n) is 9.29. The second-order valence-corrected chi connectivity index (χ2v) is 13.5. The van der Waals surface area contributed by atoms with Gasteiger partial charge in [-0.25, -0.2) is 8.42 Å². The van der Waals surface area contributed by atoms with E-state index < -0.39 is 21.8 Å². The van der Waals surface area contributed by atoms with Gasteiger partial charge in [0.25, 0.3) is 0 Å². The summed E-state index contributed by atoms with van der Waals surface area (Å²) in [5.74, 6) is -2.74. The Morgan fingerprint density at radius 2 is 1.05 bits per heavy atom. The number of thiophene rings is 2. The lowest BCUT2D eigenvalue weighted by atomic mass is 10.1. The molecule has 2 heterocycles. The summed E-state index contributed by atoms with van der Waals surface area (Å²) in [5.41, 5.74) is 0.813. The van der Waals surface area contributed by atoms with Crippen molar-refractivity contribution in [3.05, 3.63) is 57.3 Å². The molecule has 4 aromatic rings. The highest BCUT2D eigenvalue weighted by Crippen LogP contribution is 2.36. The molecule has 0 saturated carbocycles. The van der Waals surface area contributed by atoms with Crippen molar-refractivity contribution in [2.24, 2.45) is 0 Å². The quantitative estimate of drug-likeness (QED) is 0.176. The van der Waals surface area contributed by atoms with Crippen LogP contribution < -0.4 is 9.47 Å². The van der Waals surface area contributed by atoms with Gasteiger partial charge in [0.15, 0.2) is 21.4 Å². The number of hydrogen-bond acceptors (Lipinski definition) is 10. The summed E-state index contributed by atoms with van der Waals surface area (Å²) in [5, 5.41) is 19.0. The van der Waals surface area contributed by atoms with Crippen LogP contribution in [-0.4, -0.2) is 56.4 Å². The fraction of sp³-hybridized carbons (Fsp3) is 0.286. The third-order valence-corrected chi connectivity index (χ3v) is 10.1. The van der Waals surface area contributed by atoms with Crippen molar-refractivity contribution >= 4 is 76.2 Å². The maximum atomic E-state index is 13.4. The zero-order chi connectivity index (χ0) is 29.9. The van der Waals surface area contributed by atoms with E-state index in [2.05, 4.69) is 0 Å². The molecular formula is C28H26O10S3. The molecule has 2 aromatic carbocycles. The van der Waals surface area contributed by atoms with Crippen LogP contribution in [-0.2, 0) is 30.9 Å². The number of Topliss-reactive ketones (excluding diaryl/α,β-unsaturated/α-hetero) is 2. The minimum atomic E-state index is -3.76. The van der Waals surface area contributed by atoms with Crippen LogP contribution in [0.4, 0.5) is 0 Å². The number of ether oxygens (including phenoxy) is 2. The molecule has 0 saturated heterocycles. The summed E-state index contributed by atoms with van der Waals surface area (Å²) >= 11 is 2.38. The van der Waals surface area contributed by atoms with Crippen LogP contribution in [0.15, 0.2) is 36.4 Å². The van der Waals surface area contributed by atoms with Gasteiger partial charge < -0.3 is 19.7 Å². The summed E-state index contributed by atoms with van der Waals surface area (Å²) < 4.78 is 39.1. The maximum Gasteiger partial charge on any atom is 0.303 e. The van der Waals surface area contributed by atoms with Crippen LogP contribution in [0.25, 0.3) is 20.2 Å². The number of carbonyl (C=O) groups is 4. The summed E-state index contributed by atoms with van der Waals surface area (Å²) in [6.07, 6.45) is -0.810. The molecule has 0 spiro atoms. The molecule has 0 unspecified atom stereocenters. The van der Waals surface area contributed by atoms with Gasteiger partial charge in [0.05, 0.1) is 48.3 Å². The van der Waals surface area contributed by atoms with Gasteiger partial charge in [0, 0.05) is 33.4 Å². The van der Waals surface area contributed by atoms with Gasteiger partial charge in [-0.2, -0.15) is 0 Å². The molecule has 0 fully saturated rings. The van der Waals surface area contributed by atoms with E-state index in [0.29, 0.717) is 52.6 Å². The van der Waals surface area contributed by atoms with Crippen molar-refractivity contribution in [2.45, 2.75) is 37.2 Å². The number of fused-ring (bicyclic) bond motifs is 2. The predicted octanol–water partition coefficient (Wildman–Crippen LogP) is 5.34. The first kappa shape index (κ1) is 30.2. The molecule has 4 rings (SSSR count). The topological polar surface area (TPSA) is 161 Å².